The van der Waals surface area contributed by atoms with E-state index in [1.54, 1.807) is 11.3 Å². The molecule has 1 aromatic heterocycles. The topological polar surface area (TPSA) is 21.3 Å². The third kappa shape index (κ3) is 5.66. The molecule has 0 saturated heterocycles. The Morgan fingerprint density at radius 3 is 3.00 bits per heavy atom. The largest absolute Gasteiger partial charge is 0.380 e. The number of ether oxygens (including phenoxy) is 1. The molecule has 1 rings (SSSR count). The highest BCUT2D eigenvalue weighted by Gasteiger charge is 1.99. The van der Waals surface area contributed by atoms with E-state index in [1.165, 1.54) is 15.8 Å². The standard InChI is InChI=1S/C11H18BrNOS/c1-2-3-6-14-7-5-13-9-11-10(12)4-8-15-11/h4,8,13H,2-3,5-7,9H2,1H3. The molecule has 0 unspecified atom stereocenters. The molecule has 0 amide bonds. The maximum absolute atomic E-state index is 5.45. The Balaban J connectivity index is 1.96. The average molecular weight is 292 g/mol. The highest BCUT2D eigenvalue weighted by Crippen LogP contribution is 2.21. The van der Waals surface area contributed by atoms with Crippen LogP contribution in [0.3, 0.4) is 0 Å². The van der Waals surface area contributed by atoms with Crippen molar-refractivity contribution in [2.24, 2.45) is 0 Å². The lowest BCUT2D eigenvalue weighted by Gasteiger charge is -2.04. The number of thiophene rings is 1. The summed E-state index contributed by atoms with van der Waals surface area (Å²) in [7, 11) is 0. The van der Waals surface area contributed by atoms with Crippen LogP contribution in [0.15, 0.2) is 15.9 Å². The average Bonchev–Trinajstić information content (AvgIpc) is 2.63. The lowest BCUT2D eigenvalue weighted by molar-refractivity contribution is 0.133. The smallest absolute Gasteiger partial charge is 0.0591 e. The molecule has 15 heavy (non-hydrogen) atoms. The van der Waals surface area contributed by atoms with Gasteiger partial charge in [0, 0.05) is 29.0 Å². The van der Waals surface area contributed by atoms with E-state index in [2.05, 4.69) is 39.6 Å². The van der Waals surface area contributed by atoms with Gasteiger partial charge in [0.15, 0.2) is 0 Å². The molecule has 0 bridgehead atoms. The van der Waals surface area contributed by atoms with E-state index in [4.69, 9.17) is 4.74 Å². The number of rotatable bonds is 8. The van der Waals surface area contributed by atoms with Crippen molar-refractivity contribution in [1.29, 1.82) is 0 Å². The van der Waals surface area contributed by atoms with E-state index in [0.717, 1.165) is 32.7 Å². The van der Waals surface area contributed by atoms with E-state index in [0.29, 0.717) is 0 Å². The highest BCUT2D eigenvalue weighted by molar-refractivity contribution is 9.10. The lowest BCUT2D eigenvalue weighted by atomic mass is 10.4. The first kappa shape index (κ1) is 13.2. The molecular weight excluding hydrogens is 274 g/mol. The number of unbranched alkanes of at least 4 members (excludes halogenated alkanes) is 1. The van der Waals surface area contributed by atoms with Gasteiger partial charge in [0.05, 0.1) is 6.61 Å². The van der Waals surface area contributed by atoms with Crippen LogP contribution in [-0.2, 0) is 11.3 Å². The molecular formula is C11H18BrNOS. The van der Waals surface area contributed by atoms with E-state index < -0.39 is 0 Å². The third-order valence-corrected chi connectivity index (χ3v) is 3.97. The van der Waals surface area contributed by atoms with Crippen molar-refractivity contribution in [2.75, 3.05) is 19.8 Å². The summed E-state index contributed by atoms with van der Waals surface area (Å²) in [6.07, 6.45) is 2.37. The number of hydrogen-bond donors (Lipinski definition) is 1. The van der Waals surface area contributed by atoms with Crippen LogP contribution in [0.1, 0.15) is 24.6 Å². The Bertz CT molecular complexity index is 265. The van der Waals surface area contributed by atoms with Crippen LogP contribution < -0.4 is 5.32 Å². The molecule has 0 fully saturated rings. The predicted molar refractivity (Wildman–Crippen MR) is 69.5 cm³/mol. The lowest BCUT2D eigenvalue weighted by Crippen LogP contribution is -2.19. The SMILES string of the molecule is CCCCOCCNCc1sccc1Br. The highest BCUT2D eigenvalue weighted by atomic mass is 79.9. The summed E-state index contributed by atoms with van der Waals surface area (Å²) in [5.74, 6) is 0. The second kappa shape index (κ2) is 8.28. The summed E-state index contributed by atoms with van der Waals surface area (Å²) < 4.78 is 6.65. The van der Waals surface area contributed by atoms with Gasteiger partial charge in [-0.3, -0.25) is 0 Å². The zero-order chi connectivity index (χ0) is 10.9. The van der Waals surface area contributed by atoms with Gasteiger partial charge in [-0.2, -0.15) is 0 Å². The number of halogens is 1. The molecule has 0 aromatic carbocycles. The van der Waals surface area contributed by atoms with E-state index in [9.17, 15) is 0 Å². The van der Waals surface area contributed by atoms with Crippen LogP contribution in [0.4, 0.5) is 0 Å². The van der Waals surface area contributed by atoms with E-state index in [-0.39, 0.29) is 0 Å². The molecule has 1 aromatic rings. The molecule has 4 heteroatoms. The van der Waals surface area contributed by atoms with Crippen LogP contribution in [0, 0.1) is 0 Å². The third-order valence-electron chi connectivity index (χ3n) is 2.04. The van der Waals surface area contributed by atoms with Crippen LogP contribution in [0.5, 0.6) is 0 Å². The van der Waals surface area contributed by atoms with Crippen LogP contribution in [-0.4, -0.2) is 19.8 Å². The number of hydrogen-bond acceptors (Lipinski definition) is 3. The second-order valence-electron chi connectivity index (χ2n) is 3.33. The van der Waals surface area contributed by atoms with Gasteiger partial charge in [0.1, 0.15) is 0 Å². The van der Waals surface area contributed by atoms with Crippen molar-refractivity contribution in [3.05, 3.63) is 20.8 Å². The quantitative estimate of drug-likeness (QED) is 0.741. The molecule has 0 atom stereocenters. The molecule has 0 radical (unpaired) electrons. The fourth-order valence-corrected chi connectivity index (χ4v) is 2.61. The number of nitrogens with one attached hydrogen (secondary N) is 1. The Kier molecular flexibility index (Phi) is 7.26. The summed E-state index contributed by atoms with van der Waals surface area (Å²) in [4.78, 5) is 1.35. The minimum atomic E-state index is 0.809. The monoisotopic (exact) mass is 291 g/mol. The molecule has 1 N–H and O–H groups in total. The van der Waals surface area contributed by atoms with Gasteiger partial charge in [-0.05, 0) is 33.8 Å². The van der Waals surface area contributed by atoms with Crippen LogP contribution in [0.25, 0.3) is 0 Å². The van der Waals surface area contributed by atoms with Crippen molar-refractivity contribution >= 4 is 27.3 Å². The van der Waals surface area contributed by atoms with Gasteiger partial charge in [0.25, 0.3) is 0 Å². The molecule has 0 saturated carbocycles. The summed E-state index contributed by atoms with van der Waals surface area (Å²) in [6.45, 7) is 5.73. The molecule has 2 nitrogen and oxygen atoms in total. The summed E-state index contributed by atoms with van der Waals surface area (Å²) in [5, 5.41) is 5.46. The van der Waals surface area contributed by atoms with E-state index in [1.807, 2.05) is 0 Å². The maximum atomic E-state index is 5.45. The van der Waals surface area contributed by atoms with Gasteiger partial charge in [-0.25, -0.2) is 0 Å². The fraction of sp³-hybridized carbons (Fsp3) is 0.636. The van der Waals surface area contributed by atoms with E-state index >= 15 is 0 Å². The van der Waals surface area contributed by atoms with Gasteiger partial charge < -0.3 is 10.1 Å². The van der Waals surface area contributed by atoms with Gasteiger partial charge in [-0.1, -0.05) is 13.3 Å². The molecule has 0 aliphatic carbocycles. The first-order valence-corrected chi connectivity index (χ1v) is 7.02. The van der Waals surface area contributed by atoms with Crippen LogP contribution >= 0.6 is 27.3 Å². The maximum Gasteiger partial charge on any atom is 0.0591 e. The Hall–Kier alpha value is 0.100. The molecule has 1 heterocycles. The van der Waals surface area contributed by atoms with Crippen molar-refractivity contribution in [3.8, 4) is 0 Å². The van der Waals surface area contributed by atoms with Gasteiger partial charge in [-0.15, -0.1) is 11.3 Å². The Labute approximate surface area is 104 Å². The summed E-state index contributed by atoms with van der Waals surface area (Å²) >= 11 is 5.28. The normalized spacial score (nSPS) is 10.8. The Morgan fingerprint density at radius 1 is 1.47 bits per heavy atom. The minimum absolute atomic E-state index is 0.809. The fourth-order valence-electron chi connectivity index (χ4n) is 1.15. The molecule has 0 spiro atoms. The Morgan fingerprint density at radius 2 is 2.33 bits per heavy atom. The summed E-state index contributed by atoms with van der Waals surface area (Å²) in [6, 6.07) is 2.08. The molecule has 0 aliphatic heterocycles. The zero-order valence-corrected chi connectivity index (χ0v) is 11.5. The summed E-state index contributed by atoms with van der Waals surface area (Å²) in [5.41, 5.74) is 0. The zero-order valence-electron chi connectivity index (χ0n) is 9.09. The first-order chi connectivity index (χ1) is 7.34. The van der Waals surface area contributed by atoms with Crippen molar-refractivity contribution in [3.63, 3.8) is 0 Å². The first-order valence-electron chi connectivity index (χ1n) is 5.35. The van der Waals surface area contributed by atoms with Gasteiger partial charge in [0.2, 0.25) is 0 Å². The van der Waals surface area contributed by atoms with Crippen molar-refractivity contribution in [2.45, 2.75) is 26.3 Å². The van der Waals surface area contributed by atoms with Crippen molar-refractivity contribution < 1.29 is 4.74 Å². The second-order valence-corrected chi connectivity index (χ2v) is 5.19. The molecule has 86 valence electrons. The predicted octanol–water partition coefficient (Wildman–Crippen LogP) is 3.42. The van der Waals surface area contributed by atoms with Gasteiger partial charge >= 0.3 is 0 Å². The molecule has 0 aliphatic rings. The van der Waals surface area contributed by atoms with Crippen LogP contribution in [0.2, 0.25) is 0 Å². The van der Waals surface area contributed by atoms with Crippen molar-refractivity contribution in [1.82, 2.24) is 5.32 Å². The minimum Gasteiger partial charge on any atom is -0.380 e.